The van der Waals surface area contributed by atoms with Gasteiger partial charge >= 0.3 is 6.03 Å². The van der Waals surface area contributed by atoms with Crippen molar-refractivity contribution in [1.29, 1.82) is 0 Å². The number of benzene rings is 2. The average molecular weight is 351 g/mol. The molecule has 1 N–H and O–H groups in total. The maximum Gasteiger partial charge on any atom is 0.321 e. The fourth-order valence-corrected chi connectivity index (χ4v) is 3.49. The highest BCUT2D eigenvalue weighted by atomic mass is 16.2. The van der Waals surface area contributed by atoms with E-state index in [1.165, 1.54) is 11.1 Å². The van der Waals surface area contributed by atoms with Crippen molar-refractivity contribution in [2.24, 2.45) is 0 Å². The van der Waals surface area contributed by atoms with Crippen LogP contribution in [0.25, 0.3) is 0 Å². The largest absolute Gasteiger partial charge is 0.322 e. The van der Waals surface area contributed by atoms with Crippen LogP contribution in [0.4, 0.5) is 10.5 Å². The fourth-order valence-electron chi connectivity index (χ4n) is 3.49. The summed E-state index contributed by atoms with van der Waals surface area (Å²) >= 11 is 0. The lowest BCUT2D eigenvalue weighted by Crippen LogP contribution is -2.50. The van der Waals surface area contributed by atoms with Gasteiger partial charge in [-0.25, -0.2) is 4.79 Å². The van der Waals surface area contributed by atoms with Gasteiger partial charge in [0, 0.05) is 38.4 Å². The number of carbonyl (C=O) groups is 1. The van der Waals surface area contributed by atoms with E-state index in [0.29, 0.717) is 0 Å². The molecule has 2 amide bonds. The highest BCUT2D eigenvalue weighted by Crippen LogP contribution is 2.21. The van der Waals surface area contributed by atoms with Gasteiger partial charge in [0.15, 0.2) is 0 Å². The molecule has 1 saturated heterocycles. The van der Waals surface area contributed by atoms with E-state index < -0.39 is 0 Å². The molecule has 1 aliphatic heterocycles. The number of rotatable bonds is 5. The summed E-state index contributed by atoms with van der Waals surface area (Å²) in [5.74, 6) is 0. The highest BCUT2D eigenvalue weighted by molar-refractivity contribution is 5.91. The van der Waals surface area contributed by atoms with Gasteiger partial charge in [-0.1, -0.05) is 55.5 Å². The third-order valence-corrected chi connectivity index (χ3v) is 5.19. The molecular formula is C22H29N3O. The molecule has 2 aromatic carbocycles. The Kier molecular flexibility index (Phi) is 6.29. The zero-order valence-electron chi connectivity index (χ0n) is 15.9. The van der Waals surface area contributed by atoms with Crippen LogP contribution in [0.2, 0.25) is 0 Å². The first kappa shape index (κ1) is 18.5. The van der Waals surface area contributed by atoms with Crippen LogP contribution in [-0.2, 0) is 12.8 Å². The second kappa shape index (κ2) is 8.86. The number of amides is 2. The first-order valence-electron chi connectivity index (χ1n) is 9.58. The van der Waals surface area contributed by atoms with Crippen molar-refractivity contribution in [1.82, 2.24) is 9.80 Å². The van der Waals surface area contributed by atoms with Gasteiger partial charge in [0.05, 0.1) is 0 Å². The molecule has 1 heterocycles. The Morgan fingerprint density at radius 3 is 2.42 bits per heavy atom. The lowest BCUT2D eigenvalue weighted by Gasteiger charge is -2.35. The van der Waals surface area contributed by atoms with E-state index >= 15 is 0 Å². The number of anilines is 1. The molecule has 0 aliphatic carbocycles. The van der Waals surface area contributed by atoms with Crippen molar-refractivity contribution in [2.75, 3.05) is 38.0 Å². The third kappa shape index (κ3) is 4.64. The van der Waals surface area contributed by atoms with E-state index in [2.05, 4.69) is 72.6 Å². The zero-order chi connectivity index (χ0) is 18.4. The van der Waals surface area contributed by atoms with Crippen molar-refractivity contribution in [3.63, 3.8) is 0 Å². The third-order valence-electron chi connectivity index (χ3n) is 5.19. The molecule has 2 aromatic rings. The first-order valence-corrected chi connectivity index (χ1v) is 9.58. The van der Waals surface area contributed by atoms with E-state index in [1.54, 1.807) is 0 Å². The SMILES string of the molecule is CCc1cccc(C)c1NC(=O)N1CCN(CCc2ccccc2)CC1. The smallest absolute Gasteiger partial charge is 0.321 e. The molecule has 26 heavy (non-hydrogen) atoms. The van der Waals surface area contributed by atoms with Gasteiger partial charge < -0.3 is 10.2 Å². The number of piperazine rings is 1. The van der Waals surface area contributed by atoms with E-state index in [4.69, 9.17) is 0 Å². The molecule has 0 saturated carbocycles. The fraction of sp³-hybridized carbons (Fsp3) is 0.409. The number of para-hydroxylation sites is 1. The summed E-state index contributed by atoms with van der Waals surface area (Å²) in [6.45, 7) is 8.68. The number of hydrogen-bond donors (Lipinski definition) is 1. The van der Waals surface area contributed by atoms with E-state index in [9.17, 15) is 4.79 Å². The Bertz CT molecular complexity index is 721. The molecule has 0 bridgehead atoms. The van der Waals surface area contributed by atoms with E-state index in [1.807, 2.05) is 4.90 Å². The van der Waals surface area contributed by atoms with Crippen LogP contribution in [0, 0.1) is 6.92 Å². The van der Waals surface area contributed by atoms with Gasteiger partial charge in [-0.3, -0.25) is 4.90 Å². The highest BCUT2D eigenvalue weighted by Gasteiger charge is 2.21. The standard InChI is InChI=1S/C22H29N3O/c1-3-20-11-7-8-18(2)21(20)23-22(26)25-16-14-24(15-17-25)13-12-19-9-5-4-6-10-19/h4-11H,3,12-17H2,1-2H3,(H,23,26). The summed E-state index contributed by atoms with van der Waals surface area (Å²) in [5, 5.41) is 3.14. The van der Waals surface area contributed by atoms with Crippen molar-refractivity contribution in [2.45, 2.75) is 26.7 Å². The Balaban J connectivity index is 1.49. The predicted octanol–water partition coefficient (Wildman–Crippen LogP) is 3.95. The van der Waals surface area contributed by atoms with Crippen LogP contribution >= 0.6 is 0 Å². The molecule has 3 rings (SSSR count). The van der Waals surface area contributed by atoms with Crippen molar-refractivity contribution >= 4 is 11.7 Å². The van der Waals surface area contributed by atoms with Gasteiger partial charge in [0.25, 0.3) is 0 Å². The van der Waals surface area contributed by atoms with Crippen molar-refractivity contribution < 1.29 is 4.79 Å². The monoisotopic (exact) mass is 351 g/mol. The quantitative estimate of drug-likeness (QED) is 0.885. The zero-order valence-corrected chi connectivity index (χ0v) is 15.9. The van der Waals surface area contributed by atoms with Gasteiger partial charge in [-0.05, 0) is 36.5 Å². The number of nitrogens with one attached hydrogen (secondary N) is 1. The molecular weight excluding hydrogens is 322 g/mol. The average Bonchev–Trinajstić information content (AvgIpc) is 2.69. The molecule has 138 valence electrons. The number of hydrogen-bond acceptors (Lipinski definition) is 2. The number of nitrogens with zero attached hydrogens (tertiary/aromatic N) is 2. The maximum absolute atomic E-state index is 12.7. The topological polar surface area (TPSA) is 35.6 Å². The Hall–Kier alpha value is -2.33. The molecule has 0 aromatic heterocycles. The molecule has 0 atom stereocenters. The molecule has 1 fully saturated rings. The van der Waals surface area contributed by atoms with Crippen LogP contribution in [0.1, 0.15) is 23.6 Å². The maximum atomic E-state index is 12.7. The van der Waals surface area contributed by atoms with Crippen molar-refractivity contribution in [3.05, 3.63) is 65.2 Å². The van der Waals surface area contributed by atoms with Crippen LogP contribution in [-0.4, -0.2) is 48.6 Å². The van der Waals surface area contributed by atoms with Crippen LogP contribution in [0.5, 0.6) is 0 Å². The summed E-state index contributed by atoms with van der Waals surface area (Å²) in [5.41, 5.74) is 4.67. The Morgan fingerprint density at radius 2 is 1.73 bits per heavy atom. The lowest BCUT2D eigenvalue weighted by molar-refractivity contribution is 0.148. The molecule has 4 nitrogen and oxygen atoms in total. The number of aryl methyl sites for hydroxylation is 2. The summed E-state index contributed by atoms with van der Waals surface area (Å²) in [6.07, 6.45) is 1.99. The molecule has 0 spiro atoms. The molecule has 0 radical (unpaired) electrons. The summed E-state index contributed by atoms with van der Waals surface area (Å²) in [7, 11) is 0. The minimum atomic E-state index is 0.0247. The normalized spacial score (nSPS) is 15.1. The molecule has 4 heteroatoms. The molecule has 1 aliphatic rings. The second-order valence-corrected chi connectivity index (χ2v) is 6.96. The van der Waals surface area contributed by atoms with Gasteiger partial charge in [-0.15, -0.1) is 0 Å². The summed E-state index contributed by atoms with van der Waals surface area (Å²) < 4.78 is 0. The van der Waals surface area contributed by atoms with E-state index in [-0.39, 0.29) is 6.03 Å². The van der Waals surface area contributed by atoms with Gasteiger partial charge in [-0.2, -0.15) is 0 Å². The first-order chi connectivity index (χ1) is 12.7. The minimum absolute atomic E-state index is 0.0247. The van der Waals surface area contributed by atoms with Gasteiger partial charge in [0.1, 0.15) is 0 Å². The van der Waals surface area contributed by atoms with Crippen LogP contribution in [0.15, 0.2) is 48.5 Å². The summed E-state index contributed by atoms with van der Waals surface area (Å²) in [6, 6.07) is 16.8. The van der Waals surface area contributed by atoms with Crippen molar-refractivity contribution in [3.8, 4) is 0 Å². The molecule has 0 unspecified atom stereocenters. The van der Waals surface area contributed by atoms with Crippen LogP contribution in [0.3, 0.4) is 0 Å². The Morgan fingerprint density at radius 1 is 1.00 bits per heavy atom. The van der Waals surface area contributed by atoms with E-state index in [0.717, 1.165) is 56.8 Å². The second-order valence-electron chi connectivity index (χ2n) is 6.96. The number of carbonyl (C=O) groups excluding carboxylic acids is 1. The lowest BCUT2D eigenvalue weighted by atomic mass is 10.1. The Labute approximate surface area is 156 Å². The number of urea groups is 1. The van der Waals surface area contributed by atoms with Crippen LogP contribution < -0.4 is 5.32 Å². The van der Waals surface area contributed by atoms with Gasteiger partial charge in [0.2, 0.25) is 0 Å². The predicted molar refractivity (Wildman–Crippen MR) is 108 cm³/mol. The summed E-state index contributed by atoms with van der Waals surface area (Å²) in [4.78, 5) is 17.1. The minimum Gasteiger partial charge on any atom is -0.322 e.